The first-order valence-corrected chi connectivity index (χ1v) is 7.86. The number of rotatable bonds is 7. The van der Waals surface area contributed by atoms with Crippen molar-refractivity contribution in [3.05, 3.63) is 23.9 Å². The number of aromatic nitrogens is 1. The first-order chi connectivity index (χ1) is 9.57. The van der Waals surface area contributed by atoms with Crippen LogP contribution in [-0.2, 0) is 14.8 Å². The molecular weight excluding hydrogens is 280 g/mol. The Labute approximate surface area is 119 Å². The summed E-state index contributed by atoms with van der Waals surface area (Å²) in [7, 11) is -3.47. The Morgan fingerprint density at radius 1 is 1.50 bits per heavy atom. The molecule has 0 saturated heterocycles. The highest BCUT2D eigenvalue weighted by molar-refractivity contribution is 7.92. The van der Waals surface area contributed by atoms with E-state index in [9.17, 15) is 8.42 Å². The lowest BCUT2D eigenvalue weighted by molar-refractivity contribution is 0.163. The predicted octanol–water partition coefficient (Wildman–Crippen LogP) is 0.594. The van der Waals surface area contributed by atoms with Crippen LogP contribution in [0.2, 0.25) is 0 Å². The van der Waals surface area contributed by atoms with Gasteiger partial charge in [-0.1, -0.05) is 11.8 Å². The van der Waals surface area contributed by atoms with Crippen LogP contribution in [-0.4, -0.2) is 44.1 Å². The molecule has 1 heterocycles. The van der Waals surface area contributed by atoms with Crippen LogP contribution in [0.25, 0.3) is 0 Å². The Kier molecular flexibility index (Phi) is 7.01. The number of ether oxygens (including phenoxy) is 1. The number of nitrogens with zero attached hydrogens (tertiary/aromatic N) is 1. The molecule has 1 rings (SSSR count). The van der Waals surface area contributed by atoms with Gasteiger partial charge in [-0.2, -0.15) is 0 Å². The Balaban J connectivity index is 2.68. The van der Waals surface area contributed by atoms with E-state index >= 15 is 0 Å². The van der Waals surface area contributed by atoms with E-state index in [1.807, 2.05) is 0 Å². The number of hydrogen-bond donors (Lipinski definition) is 2. The van der Waals surface area contributed by atoms with Crippen molar-refractivity contribution in [3.63, 3.8) is 0 Å². The van der Waals surface area contributed by atoms with Crippen LogP contribution in [0.5, 0.6) is 0 Å². The molecule has 0 atom stereocenters. The topological polar surface area (TPSA) is 88.5 Å². The van der Waals surface area contributed by atoms with Gasteiger partial charge >= 0.3 is 0 Å². The minimum absolute atomic E-state index is 0.00496. The summed E-state index contributed by atoms with van der Waals surface area (Å²) >= 11 is 0. The van der Waals surface area contributed by atoms with E-state index in [0.717, 1.165) is 0 Å². The van der Waals surface area contributed by atoms with Gasteiger partial charge in [-0.15, -0.1) is 0 Å². The Hall–Kier alpha value is -1.62. The molecule has 20 heavy (non-hydrogen) atoms. The highest BCUT2D eigenvalue weighted by Gasteiger charge is 2.10. The van der Waals surface area contributed by atoms with Crippen molar-refractivity contribution < 1.29 is 18.3 Å². The number of aliphatic hydroxyl groups excluding tert-OH is 1. The van der Waals surface area contributed by atoms with E-state index in [-0.39, 0.29) is 24.8 Å². The van der Waals surface area contributed by atoms with Crippen molar-refractivity contribution in [2.45, 2.75) is 13.3 Å². The van der Waals surface area contributed by atoms with Gasteiger partial charge in [0.2, 0.25) is 10.0 Å². The number of hydrogen-bond acceptors (Lipinski definition) is 5. The van der Waals surface area contributed by atoms with Crippen LogP contribution in [0.3, 0.4) is 0 Å². The van der Waals surface area contributed by atoms with Gasteiger partial charge in [0.05, 0.1) is 19.0 Å². The second-order valence-corrected chi connectivity index (χ2v) is 5.66. The van der Waals surface area contributed by atoms with Gasteiger partial charge in [0.15, 0.2) is 0 Å². The number of nitrogens with one attached hydrogen (secondary N) is 1. The third-order valence-electron chi connectivity index (χ3n) is 2.19. The quantitative estimate of drug-likeness (QED) is 0.568. The van der Waals surface area contributed by atoms with Gasteiger partial charge < -0.3 is 9.84 Å². The van der Waals surface area contributed by atoms with Gasteiger partial charge in [0, 0.05) is 24.8 Å². The second kappa shape index (κ2) is 8.53. The fourth-order valence-corrected chi connectivity index (χ4v) is 2.18. The van der Waals surface area contributed by atoms with Crippen molar-refractivity contribution in [1.82, 2.24) is 4.98 Å². The maximum atomic E-state index is 11.7. The van der Waals surface area contributed by atoms with Gasteiger partial charge in [-0.3, -0.25) is 4.72 Å². The number of sulfonamides is 1. The summed E-state index contributed by atoms with van der Waals surface area (Å²) in [4.78, 5) is 3.93. The molecule has 0 saturated carbocycles. The van der Waals surface area contributed by atoms with Gasteiger partial charge in [-0.05, 0) is 19.1 Å². The average Bonchev–Trinajstić information content (AvgIpc) is 2.39. The molecule has 0 aliphatic heterocycles. The van der Waals surface area contributed by atoms with Gasteiger partial charge in [0.1, 0.15) is 5.82 Å². The molecule has 0 fully saturated rings. The molecule has 0 unspecified atom stereocenters. The first-order valence-electron chi connectivity index (χ1n) is 6.21. The maximum Gasteiger partial charge on any atom is 0.236 e. The summed E-state index contributed by atoms with van der Waals surface area (Å²) in [6.07, 6.45) is 1.85. The SMILES string of the molecule is CCOCCS(=O)(=O)Nc1cc(C#CCCO)ccn1. The Bertz CT molecular complexity index is 576. The molecular formula is C13H18N2O4S. The fourth-order valence-electron chi connectivity index (χ4n) is 1.31. The van der Waals surface area contributed by atoms with E-state index in [0.29, 0.717) is 18.6 Å². The van der Waals surface area contributed by atoms with Gasteiger partial charge in [0.25, 0.3) is 0 Å². The third kappa shape index (κ3) is 6.52. The van der Waals surface area contributed by atoms with Crippen LogP contribution >= 0.6 is 0 Å². The van der Waals surface area contributed by atoms with E-state index in [1.54, 1.807) is 19.1 Å². The molecule has 1 aromatic rings. The van der Waals surface area contributed by atoms with Gasteiger partial charge in [-0.25, -0.2) is 13.4 Å². The van der Waals surface area contributed by atoms with E-state index < -0.39 is 10.0 Å². The zero-order chi connectivity index (χ0) is 14.8. The molecule has 110 valence electrons. The van der Waals surface area contributed by atoms with E-state index in [1.165, 1.54) is 6.20 Å². The Morgan fingerprint density at radius 3 is 3.00 bits per heavy atom. The zero-order valence-electron chi connectivity index (χ0n) is 11.3. The summed E-state index contributed by atoms with van der Waals surface area (Å²) in [5, 5.41) is 8.64. The smallest absolute Gasteiger partial charge is 0.236 e. The van der Waals surface area contributed by atoms with E-state index in [2.05, 4.69) is 21.5 Å². The number of anilines is 1. The largest absolute Gasteiger partial charge is 0.395 e. The summed E-state index contributed by atoms with van der Waals surface area (Å²) in [6, 6.07) is 3.21. The minimum atomic E-state index is -3.47. The van der Waals surface area contributed by atoms with Crippen LogP contribution in [0, 0.1) is 11.8 Å². The monoisotopic (exact) mass is 298 g/mol. The summed E-state index contributed by atoms with van der Waals surface area (Å²) < 4.78 is 30.9. The average molecular weight is 298 g/mol. The lowest BCUT2D eigenvalue weighted by Crippen LogP contribution is -2.20. The highest BCUT2D eigenvalue weighted by Crippen LogP contribution is 2.08. The molecule has 7 heteroatoms. The molecule has 1 aromatic heterocycles. The van der Waals surface area contributed by atoms with Crippen LogP contribution in [0.1, 0.15) is 18.9 Å². The summed E-state index contributed by atoms with van der Waals surface area (Å²) in [6.45, 7) is 2.41. The molecule has 0 spiro atoms. The second-order valence-electron chi connectivity index (χ2n) is 3.82. The van der Waals surface area contributed by atoms with Crippen molar-refractivity contribution in [2.75, 3.05) is 30.3 Å². The first kappa shape index (κ1) is 16.4. The zero-order valence-corrected chi connectivity index (χ0v) is 12.1. The van der Waals surface area contributed by atoms with Crippen LogP contribution in [0.15, 0.2) is 18.3 Å². The minimum Gasteiger partial charge on any atom is -0.395 e. The lowest BCUT2D eigenvalue weighted by Gasteiger charge is -2.07. The van der Waals surface area contributed by atoms with Crippen molar-refractivity contribution in [1.29, 1.82) is 0 Å². The summed E-state index contributed by atoms with van der Waals surface area (Å²) in [5.41, 5.74) is 0.635. The number of aliphatic hydroxyl groups is 1. The standard InChI is InChI=1S/C13H18N2O4S/c1-2-19-9-10-20(17,18)15-13-11-12(6-7-14-13)5-3-4-8-16/h6-7,11,16H,2,4,8-10H2,1H3,(H,14,15). The molecule has 0 radical (unpaired) electrons. The molecule has 6 nitrogen and oxygen atoms in total. The Morgan fingerprint density at radius 2 is 2.30 bits per heavy atom. The third-order valence-corrected chi connectivity index (χ3v) is 3.41. The predicted molar refractivity (Wildman–Crippen MR) is 76.7 cm³/mol. The fraction of sp³-hybridized carbons (Fsp3) is 0.462. The molecule has 0 aromatic carbocycles. The van der Waals surface area contributed by atoms with Crippen LogP contribution in [0.4, 0.5) is 5.82 Å². The highest BCUT2D eigenvalue weighted by atomic mass is 32.2. The van der Waals surface area contributed by atoms with Crippen molar-refractivity contribution in [3.8, 4) is 11.8 Å². The molecule has 0 bridgehead atoms. The molecule has 2 N–H and O–H groups in total. The molecule has 0 aliphatic carbocycles. The number of pyridine rings is 1. The van der Waals surface area contributed by atoms with Crippen molar-refractivity contribution in [2.24, 2.45) is 0 Å². The lowest BCUT2D eigenvalue weighted by atomic mass is 10.2. The molecule has 0 aliphatic rings. The van der Waals surface area contributed by atoms with Crippen LogP contribution < -0.4 is 4.72 Å². The normalized spacial score (nSPS) is 10.7. The molecule has 0 amide bonds. The van der Waals surface area contributed by atoms with E-state index in [4.69, 9.17) is 9.84 Å². The van der Waals surface area contributed by atoms with Crippen molar-refractivity contribution >= 4 is 15.8 Å². The maximum absolute atomic E-state index is 11.7. The summed E-state index contributed by atoms with van der Waals surface area (Å²) in [5.74, 6) is 5.67.